The van der Waals surface area contributed by atoms with Gasteiger partial charge in [-0.3, -0.25) is 9.59 Å². The summed E-state index contributed by atoms with van der Waals surface area (Å²) in [6.07, 6.45) is 1.43. The van der Waals surface area contributed by atoms with E-state index in [1.807, 2.05) is 49.1 Å². The molecule has 0 heterocycles. The number of nitrogens with zero attached hydrogens (tertiary/aromatic N) is 1. The Bertz CT molecular complexity index is 1140. The summed E-state index contributed by atoms with van der Waals surface area (Å²) in [7, 11) is 0. The molecule has 0 spiro atoms. The monoisotopic (exact) mass is 515 g/mol. The van der Waals surface area contributed by atoms with Crippen molar-refractivity contribution in [2.45, 2.75) is 58.7 Å². The van der Waals surface area contributed by atoms with Crippen LogP contribution in [0.2, 0.25) is 0 Å². The molecular weight excluding hydrogens is 474 g/mol. The quantitative estimate of drug-likeness (QED) is 0.289. The third-order valence-corrected chi connectivity index (χ3v) is 6.53. The van der Waals surface area contributed by atoms with Crippen LogP contribution >= 0.6 is 0 Å². The van der Waals surface area contributed by atoms with Crippen molar-refractivity contribution in [2.75, 3.05) is 19.6 Å². The molecule has 0 saturated heterocycles. The molecule has 3 aromatic carbocycles. The van der Waals surface area contributed by atoms with Gasteiger partial charge >= 0.3 is 0 Å². The zero-order valence-electron chi connectivity index (χ0n) is 22.8. The number of hydrogen-bond donors (Lipinski definition) is 3. The molecule has 0 saturated carbocycles. The van der Waals surface area contributed by atoms with E-state index in [0.717, 1.165) is 24.0 Å². The number of aliphatic hydroxyl groups is 1. The van der Waals surface area contributed by atoms with Gasteiger partial charge in [-0.25, -0.2) is 0 Å². The highest BCUT2D eigenvalue weighted by molar-refractivity contribution is 5.99. The van der Waals surface area contributed by atoms with Crippen molar-refractivity contribution in [1.82, 2.24) is 15.5 Å². The lowest BCUT2D eigenvalue weighted by molar-refractivity contribution is 0.0755. The molecule has 0 aliphatic rings. The molecule has 0 bridgehead atoms. The minimum absolute atomic E-state index is 0.0653. The van der Waals surface area contributed by atoms with Crippen LogP contribution in [0, 0.1) is 6.92 Å². The molecule has 202 valence electrons. The van der Waals surface area contributed by atoms with Gasteiger partial charge in [0.2, 0.25) is 0 Å². The molecule has 6 heteroatoms. The van der Waals surface area contributed by atoms with E-state index in [2.05, 4.69) is 41.8 Å². The summed E-state index contributed by atoms with van der Waals surface area (Å²) in [6, 6.07) is 24.4. The van der Waals surface area contributed by atoms with Crippen molar-refractivity contribution >= 4 is 11.8 Å². The minimum atomic E-state index is -0.806. The van der Waals surface area contributed by atoms with E-state index in [0.29, 0.717) is 43.7 Å². The molecule has 6 nitrogen and oxygen atoms in total. The molecule has 3 aromatic rings. The number of aryl methyl sites for hydroxylation is 1. The summed E-state index contributed by atoms with van der Waals surface area (Å²) in [5, 5.41) is 17.4. The lowest BCUT2D eigenvalue weighted by Crippen LogP contribution is -2.48. The Labute approximate surface area is 227 Å². The van der Waals surface area contributed by atoms with Crippen LogP contribution in [0.3, 0.4) is 0 Å². The molecule has 0 aliphatic carbocycles. The number of benzene rings is 3. The normalized spacial score (nSPS) is 12.5. The highest BCUT2D eigenvalue weighted by atomic mass is 16.3. The number of rotatable bonds is 14. The Kier molecular flexibility index (Phi) is 11.5. The van der Waals surface area contributed by atoms with Gasteiger partial charge in [-0.1, -0.05) is 80.1 Å². The topological polar surface area (TPSA) is 81.7 Å². The van der Waals surface area contributed by atoms with Crippen molar-refractivity contribution in [2.24, 2.45) is 0 Å². The molecule has 0 radical (unpaired) electrons. The van der Waals surface area contributed by atoms with E-state index in [4.69, 9.17) is 0 Å². The number of nitrogens with one attached hydrogen (secondary N) is 2. The fraction of sp³-hybridized carbons (Fsp3) is 0.375. The molecule has 0 aromatic heterocycles. The van der Waals surface area contributed by atoms with Gasteiger partial charge in [-0.15, -0.1) is 0 Å². The Morgan fingerprint density at radius 1 is 0.842 bits per heavy atom. The van der Waals surface area contributed by atoms with Crippen LogP contribution in [0.4, 0.5) is 0 Å². The standard InChI is InChI=1S/C32H41N3O3/c1-4-18-35(19-5-2)32(38)28-13-9-12-27(21-28)31(37)34-29(20-25-10-7-6-8-11-25)30(36)23-33-22-26-16-14-24(3)15-17-26/h6-17,21,29-30,33,36H,4-5,18-20,22-23H2,1-3H3,(H,34,37)/t29-,30+/m0/s1. The smallest absolute Gasteiger partial charge is 0.253 e. The Morgan fingerprint density at radius 2 is 1.50 bits per heavy atom. The molecule has 3 N–H and O–H groups in total. The van der Waals surface area contributed by atoms with Crippen LogP contribution in [0.5, 0.6) is 0 Å². The van der Waals surface area contributed by atoms with Crippen molar-refractivity contribution in [1.29, 1.82) is 0 Å². The second-order valence-corrected chi connectivity index (χ2v) is 9.83. The van der Waals surface area contributed by atoms with Crippen molar-refractivity contribution < 1.29 is 14.7 Å². The lowest BCUT2D eigenvalue weighted by Gasteiger charge is -2.25. The minimum Gasteiger partial charge on any atom is -0.390 e. The van der Waals surface area contributed by atoms with Gasteiger partial charge in [0.15, 0.2) is 0 Å². The highest BCUT2D eigenvalue weighted by Crippen LogP contribution is 2.13. The molecule has 0 fully saturated rings. The van der Waals surface area contributed by atoms with E-state index < -0.39 is 12.1 Å². The second kappa shape index (κ2) is 15.1. The summed E-state index contributed by atoms with van der Waals surface area (Å²) >= 11 is 0. The van der Waals surface area contributed by atoms with Crippen molar-refractivity contribution in [3.63, 3.8) is 0 Å². The fourth-order valence-electron chi connectivity index (χ4n) is 4.45. The Hall–Kier alpha value is -3.48. The maximum Gasteiger partial charge on any atom is 0.253 e. The van der Waals surface area contributed by atoms with Crippen LogP contribution in [0.1, 0.15) is 64.1 Å². The molecule has 3 rings (SSSR count). The number of carbonyl (C=O) groups excluding carboxylic acids is 2. The Morgan fingerprint density at radius 3 is 2.16 bits per heavy atom. The van der Waals surface area contributed by atoms with E-state index in [1.165, 1.54) is 5.56 Å². The largest absolute Gasteiger partial charge is 0.390 e. The average molecular weight is 516 g/mol. The first-order valence-electron chi connectivity index (χ1n) is 13.6. The number of carbonyl (C=O) groups is 2. The van der Waals surface area contributed by atoms with Gasteiger partial charge in [0, 0.05) is 37.3 Å². The van der Waals surface area contributed by atoms with Gasteiger partial charge < -0.3 is 20.6 Å². The summed E-state index contributed by atoms with van der Waals surface area (Å²) in [5.74, 6) is -0.375. The first-order valence-corrected chi connectivity index (χ1v) is 13.6. The third-order valence-electron chi connectivity index (χ3n) is 6.53. The fourth-order valence-corrected chi connectivity index (χ4v) is 4.45. The van der Waals surface area contributed by atoms with Crippen molar-refractivity contribution in [3.8, 4) is 0 Å². The summed E-state index contributed by atoms with van der Waals surface area (Å²) in [5.41, 5.74) is 4.26. The zero-order valence-corrected chi connectivity index (χ0v) is 22.8. The Balaban J connectivity index is 1.70. The lowest BCUT2D eigenvalue weighted by atomic mass is 10.00. The van der Waals surface area contributed by atoms with E-state index in [1.54, 1.807) is 24.3 Å². The first kappa shape index (κ1) is 29.1. The summed E-state index contributed by atoms with van der Waals surface area (Å²) in [6.45, 7) is 8.47. The van der Waals surface area contributed by atoms with Crippen LogP contribution in [-0.4, -0.2) is 53.6 Å². The van der Waals surface area contributed by atoms with Crippen LogP contribution in [0.25, 0.3) is 0 Å². The van der Waals surface area contributed by atoms with E-state index in [-0.39, 0.29) is 11.8 Å². The van der Waals surface area contributed by atoms with Crippen molar-refractivity contribution in [3.05, 3.63) is 107 Å². The zero-order chi connectivity index (χ0) is 27.3. The first-order chi connectivity index (χ1) is 18.4. The average Bonchev–Trinajstić information content (AvgIpc) is 2.93. The van der Waals surface area contributed by atoms with Gasteiger partial charge in [0.1, 0.15) is 0 Å². The van der Waals surface area contributed by atoms with Gasteiger partial charge in [-0.05, 0) is 55.5 Å². The number of amides is 2. The summed E-state index contributed by atoms with van der Waals surface area (Å²) < 4.78 is 0. The SMILES string of the molecule is CCCN(CCC)C(=O)c1cccc(C(=O)N[C@@H](Cc2ccccc2)[C@H](O)CNCc2ccc(C)cc2)c1. The number of hydrogen-bond acceptors (Lipinski definition) is 4. The maximum absolute atomic E-state index is 13.3. The van der Waals surface area contributed by atoms with Crippen LogP contribution in [0.15, 0.2) is 78.9 Å². The second-order valence-electron chi connectivity index (χ2n) is 9.83. The van der Waals surface area contributed by atoms with Gasteiger partial charge in [0.05, 0.1) is 12.1 Å². The third kappa shape index (κ3) is 8.82. The molecule has 2 atom stereocenters. The maximum atomic E-state index is 13.3. The predicted molar refractivity (Wildman–Crippen MR) is 153 cm³/mol. The molecule has 2 amide bonds. The molecule has 0 aliphatic heterocycles. The number of aliphatic hydroxyl groups excluding tert-OH is 1. The van der Waals surface area contributed by atoms with Crippen LogP contribution in [-0.2, 0) is 13.0 Å². The molecule has 38 heavy (non-hydrogen) atoms. The molecule has 0 unspecified atom stereocenters. The van der Waals surface area contributed by atoms with E-state index in [9.17, 15) is 14.7 Å². The molecular formula is C32H41N3O3. The van der Waals surface area contributed by atoms with Gasteiger partial charge in [-0.2, -0.15) is 0 Å². The van der Waals surface area contributed by atoms with E-state index >= 15 is 0 Å². The van der Waals surface area contributed by atoms with Crippen LogP contribution < -0.4 is 10.6 Å². The van der Waals surface area contributed by atoms with Gasteiger partial charge in [0.25, 0.3) is 11.8 Å². The predicted octanol–water partition coefficient (Wildman–Crippen LogP) is 4.75. The highest BCUT2D eigenvalue weighted by Gasteiger charge is 2.23. The summed E-state index contributed by atoms with van der Waals surface area (Å²) in [4.78, 5) is 28.2.